The Morgan fingerprint density at radius 2 is 1.79 bits per heavy atom. The number of carbonyl (C=O) groups is 2. The van der Waals surface area contributed by atoms with Gasteiger partial charge in [0.25, 0.3) is 0 Å². The van der Waals surface area contributed by atoms with Crippen LogP contribution in [0.2, 0.25) is 0 Å². The zero-order chi connectivity index (χ0) is 24.8. The molecule has 1 unspecified atom stereocenters. The summed E-state index contributed by atoms with van der Waals surface area (Å²) in [6.07, 6.45) is 1.04. The Hall–Kier alpha value is -3.07. The van der Waals surface area contributed by atoms with Crippen molar-refractivity contribution < 1.29 is 22.7 Å². The molecule has 8 nitrogen and oxygen atoms in total. The highest BCUT2D eigenvalue weighted by molar-refractivity contribution is 7.92. The SMILES string of the molecule is CCNC(=O)C(C)N(Cc1ccccc1C)C(=O)CN(c1cc(C)ccc1OC)S(C)(=O)=O. The highest BCUT2D eigenvalue weighted by Gasteiger charge is 2.31. The molecule has 1 N–H and O–H groups in total. The van der Waals surface area contributed by atoms with E-state index in [-0.39, 0.29) is 18.1 Å². The van der Waals surface area contributed by atoms with Gasteiger partial charge in [-0.15, -0.1) is 0 Å². The summed E-state index contributed by atoms with van der Waals surface area (Å²) in [5, 5.41) is 2.74. The average molecular weight is 476 g/mol. The molecule has 0 radical (unpaired) electrons. The van der Waals surface area contributed by atoms with Crippen molar-refractivity contribution in [3.05, 3.63) is 59.2 Å². The summed E-state index contributed by atoms with van der Waals surface area (Å²) >= 11 is 0. The lowest BCUT2D eigenvalue weighted by atomic mass is 10.1. The van der Waals surface area contributed by atoms with E-state index in [2.05, 4.69) is 5.32 Å². The maximum atomic E-state index is 13.5. The second kappa shape index (κ2) is 11.2. The molecule has 2 aromatic carbocycles. The van der Waals surface area contributed by atoms with E-state index >= 15 is 0 Å². The number of carbonyl (C=O) groups excluding carboxylic acids is 2. The lowest BCUT2D eigenvalue weighted by molar-refractivity contribution is -0.139. The largest absolute Gasteiger partial charge is 0.495 e. The third-order valence-electron chi connectivity index (χ3n) is 5.40. The number of rotatable bonds is 10. The van der Waals surface area contributed by atoms with Crippen LogP contribution in [0.5, 0.6) is 5.75 Å². The topological polar surface area (TPSA) is 96.0 Å². The van der Waals surface area contributed by atoms with Crippen LogP contribution in [0.4, 0.5) is 5.69 Å². The first kappa shape index (κ1) is 26.2. The Morgan fingerprint density at radius 1 is 1.12 bits per heavy atom. The van der Waals surface area contributed by atoms with E-state index < -0.39 is 28.5 Å². The van der Waals surface area contributed by atoms with Crippen LogP contribution in [0.1, 0.15) is 30.5 Å². The predicted molar refractivity (Wildman–Crippen MR) is 130 cm³/mol. The molecule has 33 heavy (non-hydrogen) atoms. The van der Waals surface area contributed by atoms with Gasteiger partial charge in [-0.25, -0.2) is 8.42 Å². The van der Waals surface area contributed by atoms with Crippen molar-refractivity contribution in [2.24, 2.45) is 0 Å². The highest BCUT2D eigenvalue weighted by Crippen LogP contribution is 2.31. The third kappa shape index (κ3) is 6.71. The maximum absolute atomic E-state index is 13.5. The molecule has 2 amide bonds. The lowest BCUT2D eigenvalue weighted by Gasteiger charge is -2.32. The molecule has 0 bridgehead atoms. The molecule has 2 rings (SSSR count). The van der Waals surface area contributed by atoms with Gasteiger partial charge in [-0.3, -0.25) is 13.9 Å². The summed E-state index contributed by atoms with van der Waals surface area (Å²) < 4.78 is 31.8. The van der Waals surface area contributed by atoms with Crippen LogP contribution in [0.3, 0.4) is 0 Å². The summed E-state index contributed by atoms with van der Waals surface area (Å²) in [6.45, 7) is 7.32. The Kier molecular flexibility index (Phi) is 8.87. The molecule has 0 aliphatic rings. The maximum Gasteiger partial charge on any atom is 0.244 e. The predicted octanol–water partition coefficient (Wildman–Crippen LogP) is 2.63. The second-order valence-electron chi connectivity index (χ2n) is 7.96. The van der Waals surface area contributed by atoms with Crippen LogP contribution < -0.4 is 14.4 Å². The number of ether oxygens (including phenoxy) is 1. The fraction of sp³-hybridized carbons (Fsp3) is 0.417. The molecule has 0 aliphatic heterocycles. The molecular weight excluding hydrogens is 442 g/mol. The summed E-state index contributed by atoms with van der Waals surface area (Å²) in [7, 11) is -2.39. The molecule has 0 saturated carbocycles. The number of nitrogens with one attached hydrogen (secondary N) is 1. The summed E-state index contributed by atoms with van der Waals surface area (Å²) in [6, 6.07) is 11.9. The van der Waals surface area contributed by atoms with Crippen LogP contribution in [-0.4, -0.2) is 57.6 Å². The highest BCUT2D eigenvalue weighted by atomic mass is 32.2. The van der Waals surface area contributed by atoms with E-state index in [9.17, 15) is 18.0 Å². The minimum absolute atomic E-state index is 0.173. The number of anilines is 1. The number of likely N-dealkylation sites (N-methyl/N-ethyl adjacent to an activating group) is 1. The van der Waals surface area contributed by atoms with Crippen molar-refractivity contribution in [1.82, 2.24) is 10.2 Å². The number of hydrogen-bond donors (Lipinski definition) is 1. The van der Waals surface area contributed by atoms with Gasteiger partial charge in [0.2, 0.25) is 21.8 Å². The molecular formula is C24H33N3O5S. The number of methoxy groups -OCH3 is 1. The molecule has 0 saturated heterocycles. The van der Waals surface area contributed by atoms with Gasteiger partial charge in [-0.05, 0) is 56.5 Å². The van der Waals surface area contributed by atoms with Gasteiger partial charge >= 0.3 is 0 Å². The van der Waals surface area contributed by atoms with Crippen LogP contribution in [0.25, 0.3) is 0 Å². The van der Waals surface area contributed by atoms with Crippen molar-refractivity contribution in [3.63, 3.8) is 0 Å². The number of hydrogen-bond acceptors (Lipinski definition) is 5. The van der Waals surface area contributed by atoms with Crippen LogP contribution in [0, 0.1) is 13.8 Å². The van der Waals surface area contributed by atoms with Crippen LogP contribution >= 0.6 is 0 Å². The van der Waals surface area contributed by atoms with Gasteiger partial charge in [0.15, 0.2) is 0 Å². The third-order valence-corrected chi connectivity index (χ3v) is 6.53. The van der Waals surface area contributed by atoms with E-state index in [1.807, 2.05) is 38.1 Å². The van der Waals surface area contributed by atoms with Crippen molar-refractivity contribution in [2.75, 3.05) is 30.8 Å². The monoisotopic (exact) mass is 475 g/mol. The van der Waals surface area contributed by atoms with Crippen LogP contribution in [0.15, 0.2) is 42.5 Å². The average Bonchev–Trinajstić information content (AvgIpc) is 2.75. The van der Waals surface area contributed by atoms with E-state index in [0.29, 0.717) is 12.3 Å². The summed E-state index contributed by atoms with van der Waals surface area (Å²) in [5.74, 6) is -0.467. The Labute approximate surface area is 196 Å². The van der Waals surface area contributed by atoms with Crippen molar-refractivity contribution in [3.8, 4) is 5.75 Å². The quantitative estimate of drug-likeness (QED) is 0.570. The van der Waals surface area contributed by atoms with Crippen molar-refractivity contribution >= 4 is 27.5 Å². The molecule has 0 aromatic heterocycles. The smallest absolute Gasteiger partial charge is 0.244 e. The van der Waals surface area contributed by atoms with Crippen molar-refractivity contribution in [2.45, 2.75) is 40.3 Å². The molecule has 9 heteroatoms. The number of aryl methyl sites for hydroxylation is 2. The Morgan fingerprint density at radius 3 is 2.36 bits per heavy atom. The lowest BCUT2D eigenvalue weighted by Crippen LogP contribution is -2.51. The zero-order valence-electron chi connectivity index (χ0n) is 20.1. The van der Waals surface area contributed by atoms with E-state index in [1.165, 1.54) is 12.0 Å². The normalized spacial score (nSPS) is 12.1. The van der Waals surface area contributed by atoms with Gasteiger partial charge in [0.05, 0.1) is 19.1 Å². The van der Waals surface area contributed by atoms with E-state index in [4.69, 9.17) is 4.74 Å². The number of amides is 2. The van der Waals surface area contributed by atoms with Gasteiger partial charge in [-0.1, -0.05) is 30.3 Å². The molecule has 0 fully saturated rings. The van der Waals surface area contributed by atoms with Gasteiger partial charge in [0, 0.05) is 13.1 Å². The molecule has 0 spiro atoms. The molecule has 1 atom stereocenters. The molecule has 180 valence electrons. The first-order valence-corrected chi connectivity index (χ1v) is 12.6. The number of sulfonamides is 1. The minimum atomic E-state index is -3.83. The van der Waals surface area contributed by atoms with Crippen molar-refractivity contribution in [1.29, 1.82) is 0 Å². The number of nitrogens with zero attached hydrogens (tertiary/aromatic N) is 2. The Bertz CT molecular complexity index is 1100. The minimum Gasteiger partial charge on any atom is -0.495 e. The first-order valence-electron chi connectivity index (χ1n) is 10.7. The zero-order valence-corrected chi connectivity index (χ0v) is 20.9. The number of benzene rings is 2. The molecule has 0 heterocycles. The standard InChI is InChI=1S/C24H33N3O5S/c1-7-25-24(29)19(4)26(15-20-11-9-8-10-18(20)3)23(28)16-27(33(6,30)31)21-14-17(2)12-13-22(21)32-5/h8-14,19H,7,15-16H2,1-6H3,(H,25,29). The fourth-order valence-corrected chi connectivity index (χ4v) is 4.31. The summed E-state index contributed by atoms with van der Waals surface area (Å²) in [5.41, 5.74) is 2.94. The second-order valence-corrected chi connectivity index (χ2v) is 9.87. The van der Waals surface area contributed by atoms with E-state index in [0.717, 1.165) is 27.3 Å². The first-order chi connectivity index (χ1) is 15.5. The van der Waals surface area contributed by atoms with E-state index in [1.54, 1.807) is 32.0 Å². The molecule has 0 aliphatic carbocycles. The van der Waals surface area contributed by atoms with Gasteiger partial charge < -0.3 is 15.0 Å². The Balaban J connectivity index is 2.47. The van der Waals surface area contributed by atoms with Crippen LogP contribution in [-0.2, 0) is 26.2 Å². The summed E-state index contributed by atoms with van der Waals surface area (Å²) in [4.78, 5) is 27.5. The van der Waals surface area contributed by atoms with Gasteiger partial charge in [-0.2, -0.15) is 0 Å². The van der Waals surface area contributed by atoms with Gasteiger partial charge in [0.1, 0.15) is 18.3 Å². The molecule has 2 aromatic rings. The fourth-order valence-electron chi connectivity index (χ4n) is 3.47.